The minimum absolute atomic E-state index is 0.0260. The predicted molar refractivity (Wildman–Crippen MR) is 93.8 cm³/mol. The Morgan fingerprint density at radius 3 is 2.23 bits per heavy atom. The second-order valence-electron chi connectivity index (χ2n) is 6.83. The molecule has 2 unspecified atom stereocenters. The monoisotopic (exact) mass is 384 g/mol. The highest BCUT2D eigenvalue weighted by Gasteiger charge is 2.37. The van der Waals surface area contributed by atoms with Gasteiger partial charge in [0.2, 0.25) is 0 Å². The van der Waals surface area contributed by atoms with E-state index in [9.17, 15) is 22.0 Å². The first-order valence-corrected chi connectivity index (χ1v) is 10.4. The summed E-state index contributed by atoms with van der Waals surface area (Å²) in [6, 6.07) is 6.04. The zero-order valence-corrected chi connectivity index (χ0v) is 15.3. The van der Waals surface area contributed by atoms with Crippen molar-refractivity contribution in [1.29, 1.82) is 0 Å². The normalized spacial score (nSPS) is 26.7. The molecule has 2 saturated carbocycles. The van der Waals surface area contributed by atoms with Crippen LogP contribution in [0.3, 0.4) is 0 Å². The number of hydrogen-bond acceptors (Lipinski definition) is 4. The van der Waals surface area contributed by atoms with Crippen LogP contribution in [0.1, 0.15) is 38.2 Å². The second-order valence-corrected chi connectivity index (χ2v) is 9.06. The molecule has 0 radical (unpaired) electrons. The van der Waals surface area contributed by atoms with E-state index in [2.05, 4.69) is 0 Å². The van der Waals surface area contributed by atoms with Crippen LogP contribution in [0.25, 0.3) is 5.57 Å². The van der Waals surface area contributed by atoms with Crippen LogP contribution < -0.4 is 0 Å². The number of benzene rings is 1. The van der Waals surface area contributed by atoms with Gasteiger partial charge in [0.1, 0.15) is 12.3 Å². The van der Waals surface area contributed by atoms with Gasteiger partial charge >= 0.3 is 5.97 Å². The quantitative estimate of drug-likeness (QED) is 0.555. The molecule has 0 aliphatic heterocycles. The number of ether oxygens (including phenoxy) is 1. The van der Waals surface area contributed by atoms with E-state index in [-0.39, 0.29) is 35.2 Å². The smallest absolute Gasteiger partial charge is 0.338 e. The third-order valence-electron chi connectivity index (χ3n) is 4.80. The van der Waals surface area contributed by atoms with Crippen LogP contribution in [0, 0.1) is 5.92 Å². The Balaban J connectivity index is 1.88. The van der Waals surface area contributed by atoms with Crippen LogP contribution in [0.5, 0.6) is 0 Å². The van der Waals surface area contributed by atoms with Crippen molar-refractivity contribution in [2.75, 3.05) is 6.61 Å². The zero-order chi connectivity index (χ0) is 18.9. The standard InChI is InChI=1S/C19H22F2O4S/c1-2-25-19(22)16(9-12-10-17(20)18(21)11-12)13-3-5-14(6-4-13)26(23,24)15-7-8-15/h3-6,9,12,15,17-18H,2,7-8,10-11H2,1H3/b16-9+. The van der Waals surface area contributed by atoms with E-state index >= 15 is 0 Å². The van der Waals surface area contributed by atoms with Gasteiger partial charge in [-0.2, -0.15) is 0 Å². The summed E-state index contributed by atoms with van der Waals surface area (Å²) in [5.41, 5.74) is 0.699. The molecule has 1 aromatic carbocycles. The van der Waals surface area contributed by atoms with Crippen molar-refractivity contribution in [3.05, 3.63) is 35.9 Å². The van der Waals surface area contributed by atoms with Crippen molar-refractivity contribution in [2.45, 2.75) is 55.1 Å². The number of esters is 1. The van der Waals surface area contributed by atoms with Gasteiger partial charge in [0.25, 0.3) is 0 Å². The van der Waals surface area contributed by atoms with Gasteiger partial charge in [0, 0.05) is 0 Å². The van der Waals surface area contributed by atoms with Crippen LogP contribution in [0.2, 0.25) is 0 Å². The minimum Gasteiger partial charge on any atom is -0.462 e. The molecule has 0 amide bonds. The number of rotatable bonds is 6. The second kappa shape index (κ2) is 7.47. The van der Waals surface area contributed by atoms with E-state index in [1.807, 2.05) is 0 Å². The first kappa shape index (κ1) is 19.0. The fraction of sp³-hybridized carbons (Fsp3) is 0.526. The molecule has 7 heteroatoms. The Hall–Kier alpha value is -1.76. The Kier molecular flexibility index (Phi) is 5.46. The van der Waals surface area contributed by atoms with Crippen molar-refractivity contribution in [3.8, 4) is 0 Å². The summed E-state index contributed by atoms with van der Waals surface area (Å²) in [6.07, 6.45) is -0.0925. The number of carbonyl (C=O) groups is 1. The van der Waals surface area contributed by atoms with E-state index in [1.54, 1.807) is 25.1 Å². The summed E-state index contributed by atoms with van der Waals surface area (Å²) in [5, 5.41) is -0.310. The van der Waals surface area contributed by atoms with Gasteiger partial charge in [-0.15, -0.1) is 0 Å². The Morgan fingerprint density at radius 2 is 1.73 bits per heavy atom. The number of hydrogen-bond donors (Lipinski definition) is 0. The Labute approximate surface area is 152 Å². The Morgan fingerprint density at radius 1 is 1.15 bits per heavy atom. The summed E-state index contributed by atoms with van der Waals surface area (Å²) in [5.74, 6) is -0.975. The summed E-state index contributed by atoms with van der Waals surface area (Å²) in [4.78, 5) is 12.5. The molecule has 2 atom stereocenters. The highest BCUT2D eigenvalue weighted by atomic mass is 32.2. The van der Waals surface area contributed by atoms with Gasteiger partial charge in [-0.25, -0.2) is 22.0 Å². The third kappa shape index (κ3) is 3.98. The molecule has 2 fully saturated rings. The van der Waals surface area contributed by atoms with E-state index in [1.165, 1.54) is 12.1 Å². The van der Waals surface area contributed by atoms with Crippen LogP contribution in [0.15, 0.2) is 35.2 Å². The van der Waals surface area contributed by atoms with Crippen LogP contribution in [-0.2, 0) is 19.4 Å². The van der Waals surface area contributed by atoms with E-state index in [0.29, 0.717) is 18.4 Å². The van der Waals surface area contributed by atoms with Gasteiger partial charge < -0.3 is 4.74 Å². The third-order valence-corrected chi connectivity index (χ3v) is 7.08. The molecule has 26 heavy (non-hydrogen) atoms. The Bertz CT molecular complexity index is 787. The lowest BCUT2D eigenvalue weighted by Gasteiger charge is -2.11. The van der Waals surface area contributed by atoms with Crippen LogP contribution in [-0.4, -0.2) is 38.6 Å². The fourth-order valence-electron chi connectivity index (χ4n) is 3.23. The number of allylic oxidation sites excluding steroid dienone is 1. The molecule has 0 saturated heterocycles. The number of carbonyl (C=O) groups excluding carboxylic acids is 1. The highest BCUT2D eigenvalue weighted by molar-refractivity contribution is 7.92. The molecular weight excluding hydrogens is 362 g/mol. The predicted octanol–water partition coefficient (Wildman–Crippen LogP) is 3.66. The van der Waals surface area contributed by atoms with Crippen molar-refractivity contribution in [3.63, 3.8) is 0 Å². The summed E-state index contributed by atoms with van der Waals surface area (Å²) in [6.45, 7) is 1.85. The molecular formula is C19H22F2O4S. The van der Waals surface area contributed by atoms with Crippen molar-refractivity contribution >= 4 is 21.4 Å². The maximum Gasteiger partial charge on any atom is 0.338 e. The molecule has 2 aliphatic rings. The van der Waals surface area contributed by atoms with Gasteiger partial charge in [0.15, 0.2) is 9.84 Å². The molecule has 0 aromatic heterocycles. The van der Waals surface area contributed by atoms with E-state index < -0.39 is 34.1 Å². The van der Waals surface area contributed by atoms with Gasteiger partial charge in [-0.1, -0.05) is 18.2 Å². The molecule has 0 bridgehead atoms. The summed E-state index contributed by atoms with van der Waals surface area (Å²) >= 11 is 0. The first-order valence-electron chi connectivity index (χ1n) is 8.84. The largest absolute Gasteiger partial charge is 0.462 e. The highest BCUT2D eigenvalue weighted by Crippen LogP contribution is 2.35. The van der Waals surface area contributed by atoms with E-state index in [0.717, 1.165) is 0 Å². The van der Waals surface area contributed by atoms with Crippen LogP contribution >= 0.6 is 0 Å². The number of sulfone groups is 1. The molecule has 142 valence electrons. The van der Waals surface area contributed by atoms with Crippen molar-refractivity contribution in [2.24, 2.45) is 5.92 Å². The van der Waals surface area contributed by atoms with Gasteiger partial charge in [0.05, 0.1) is 22.3 Å². The van der Waals surface area contributed by atoms with Crippen molar-refractivity contribution in [1.82, 2.24) is 0 Å². The lowest BCUT2D eigenvalue weighted by molar-refractivity contribution is -0.136. The van der Waals surface area contributed by atoms with Crippen LogP contribution in [0.4, 0.5) is 8.78 Å². The average Bonchev–Trinajstić information content (AvgIpc) is 3.41. The SMILES string of the molecule is CCOC(=O)/C(=C/C1CC(F)C(F)C1)c1ccc(S(=O)(=O)C2CC2)cc1. The first-order chi connectivity index (χ1) is 12.3. The minimum atomic E-state index is -3.31. The maximum absolute atomic E-state index is 13.4. The molecule has 2 aliphatic carbocycles. The molecule has 0 spiro atoms. The van der Waals surface area contributed by atoms with E-state index in [4.69, 9.17) is 4.74 Å². The topological polar surface area (TPSA) is 60.4 Å². The molecule has 0 heterocycles. The van der Waals surface area contributed by atoms with Gasteiger partial charge in [-0.3, -0.25) is 0 Å². The summed E-state index contributed by atoms with van der Waals surface area (Å²) in [7, 11) is -3.31. The maximum atomic E-state index is 13.4. The fourth-order valence-corrected chi connectivity index (χ4v) is 4.88. The number of alkyl halides is 2. The lowest BCUT2D eigenvalue weighted by Crippen LogP contribution is -2.10. The average molecular weight is 384 g/mol. The number of halogens is 2. The molecule has 1 aromatic rings. The molecule has 3 rings (SSSR count). The zero-order valence-electron chi connectivity index (χ0n) is 14.5. The van der Waals surface area contributed by atoms with Gasteiger partial charge in [-0.05, 0) is 56.2 Å². The molecule has 4 nitrogen and oxygen atoms in total. The lowest BCUT2D eigenvalue weighted by atomic mass is 9.98. The summed E-state index contributed by atoms with van der Waals surface area (Å²) < 4.78 is 56.5. The van der Waals surface area contributed by atoms with Crippen molar-refractivity contribution < 1.29 is 26.7 Å². The molecule has 0 N–H and O–H groups in total.